The lowest BCUT2D eigenvalue weighted by Gasteiger charge is -2.30. The molecule has 6 heteroatoms. The number of carbonyl (C=O) groups is 1. The Labute approximate surface area is 106 Å². The average Bonchev–Trinajstić information content (AvgIpc) is 2.64. The van der Waals surface area contributed by atoms with Gasteiger partial charge in [-0.2, -0.15) is 0 Å². The first kappa shape index (κ1) is 12.0. The van der Waals surface area contributed by atoms with Gasteiger partial charge in [0.15, 0.2) is 6.10 Å². The van der Waals surface area contributed by atoms with Crippen LogP contribution in [0.4, 0.5) is 0 Å². The van der Waals surface area contributed by atoms with E-state index < -0.39 is 12.1 Å². The molecule has 0 spiro atoms. The van der Waals surface area contributed by atoms with Crippen molar-refractivity contribution in [3.8, 4) is 0 Å². The minimum Gasteiger partial charge on any atom is -0.479 e. The summed E-state index contributed by atoms with van der Waals surface area (Å²) in [5.41, 5.74) is 1.21. The maximum absolute atomic E-state index is 10.8. The summed E-state index contributed by atoms with van der Waals surface area (Å²) in [5, 5.41) is 10.9. The molecule has 1 aliphatic heterocycles. The van der Waals surface area contributed by atoms with Crippen molar-refractivity contribution in [2.45, 2.75) is 12.6 Å². The van der Waals surface area contributed by atoms with E-state index in [1.807, 2.05) is 0 Å². The molecule has 1 saturated heterocycles. The van der Waals surface area contributed by atoms with Crippen LogP contribution in [0.15, 0.2) is 15.2 Å². The Morgan fingerprint density at radius 2 is 2.56 bits per heavy atom. The number of rotatable bonds is 3. The van der Waals surface area contributed by atoms with Crippen LogP contribution >= 0.6 is 27.3 Å². The zero-order valence-corrected chi connectivity index (χ0v) is 11.0. The molecule has 0 radical (unpaired) electrons. The van der Waals surface area contributed by atoms with E-state index >= 15 is 0 Å². The summed E-state index contributed by atoms with van der Waals surface area (Å²) in [6.45, 7) is 2.53. The first-order valence-corrected chi connectivity index (χ1v) is 6.62. The molecule has 16 heavy (non-hydrogen) atoms. The normalized spacial score (nSPS) is 22.2. The number of nitrogens with zero attached hydrogens (tertiary/aromatic N) is 1. The molecule has 88 valence electrons. The van der Waals surface area contributed by atoms with E-state index in [9.17, 15) is 4.79 Å². The lowest BCUT2D eigenvalue weighted by Crippen LogP contribution is -2.45. The molecule has 2 heterocycles. The fourth-order valence-electron chi connectivity index (χ4n) is 1.68. The number of ether oxygens (including phenoxy) is 1. The van der Waals surface area contributed by atoms with Gasteiger partial charge in [0.1, 0.15) is 0 Å². The lowest BCUT2D eigenvalue weighted by atomic mass is 10.2. The Balaban J connectivity index is 1.92. The number of halogens is 1. The van der Waals surface area contributed by atoms with Crippen LogP contribution in [-0.4, -0.2) is 41.8 Å². The molecule has 4 nitrogen and oxygen atoms in total. The number of aliphatic carboxylic acids is 1. The number of carboxylic acid groups (broad SMARTS) is 1. The second-order valence-electron chi connectivity index (χ2n) is 3.69. The van der Waals surface area contributed by atoms with Gasteiger partial charge in [-0.1, -0.05) is 0 Å². The van der Waals surface area contributed by atoms with Gasteiger partial charge in [-0.05, 0) is 32.9 Å². The standard InChI is InChI=1S/C10H12BrNO3S/c11-9-3-7(6-16-9)4-12-1-2-15-8(5-12)10(13)14/h3,6,8H,1-2,4-5H2,(H,13,14). The Morgan fingerprint density at radius 1 is 1.75 bits per heavy atom. The largest absolute Gasteiger partial charge is 0.479 e. The van der Waals surface area contributed by atoms with Gasteiger partial charge in [-0.3, -0.25) is 4.90 Å². The van der Waals surface area contributed by atoms with E-state index in [1.54, 1.807) is 11.3 Å². The number of thiophene rings is 1. The van der Waals surface area contributed by atoms with E-state index in [0.29, 0.717) is 13.2 Å². The average molecular weight is 306 g/mol. The molecule has 1 N–H and O–H groups in total. The molecular weight excluding hydrogens is 294 g/mol. The number of carboxylic acids is 1. The molecule has 0 saturated carbocycles. The van der Waals surface area contributed by atoms with Crippen molar-refractivity contribution in [2.75, 3.05) is 19.7 Å². The highest BCUT2D eigenvalue weighted by Gasteiger charge is 2.26. The van der Waals surface area contributed by atoms with Crippen LogP contribution in [0.2, 0.25) is 0 Å². The predicted octanol–water partition coefficient (Wildman–Crippen LogP) is 1.80. The zero-order chi connectivity index (χ0) is 11.5. The van der Waals surface area contributed by atoms with E-state index in [4.69, 9.17) is 9.84 Å². The van der Waals surface area contributed by atoms with Crippen LogP contribution in [-0.2, 0) is 16.1 Å². The fourth-order valence-corrected chi connectivity index (χ4v) is 2.88. The van der Waals surface area contributed by atoms with Crippen LogP contribution in [0.3, 0.4) is 0 Å². The topological polar surface area (TPSA) is 49.8 Å². The van der Waals surface area contributed by atoms with Crippen LogP contribution < -0.4 is 0 Å². The molecule has 1 unspecified atom stereocenters. The summed E-state index contributed by atoms with van der Waals surface area (Å²) in [5.74, 6) is -0.879. The highest BCUT2D eigenvalue weighted by atomic mass is 79.9. The van der Waals surface area contributed by atoms with Gasteiger partial charge in [0, 0.05) is 19.6 Å². The van der Waals surface area contributed by atoms with E-state index in [0.717, 1.165) is 16.9 Å². The van der Waals surface area contributed by atoms with Gasteiger partial charge < -0.3 is 9.84 Å². The lowest BCUT2D eigenvalue weighted by molar-refractivity contribution is -0.156. The second kappa shape index (κ2) is 5.27. The summed E-state index contributed by atoms with van der Waals surface area (Å²) in [6.07, 6.45) is -0.684. The van der Waals surface area contributed by atoms with Crippen molar-refractivity contribution in [2.24, 2.45) is 0 Å². The molecule has 1 fully saturated rings. The molecule has 1 atom stereocenters. The van der Waals surface area contributed by atoms with Gasteiger partial charge in [0.05, 0.1) is 10.4 Å². The monoisotopic (exact) mass is 305 g/mol. The highest BCUT2D eigenvalue weighted by molar-refractivity contribution is 9.11. The SMILES string of the molecule is O=C(O)C1CN(Cc2csc(Br)c2)CCO1. The van der Waals surface area contributed by atoms with Crippen molar-refractivity contribution in [3.63, 3.8) is 0 Å². The molecule has 0 aliphatic carbocycles. The molecule has 1 aromatic rings. The third-order valence-electron chi connectivity index (χ3n) is 2.45. The van der Waals surface area contributed by atoms with Crippen LogP contribution in [0, 0.1) is 0 Å². The quantitative estimate of drug-likeness (QED) is 0.925. The Kier molecular flexibility index (Phi) is 3.96. The Morgan fingerprint density at radius 3 is 3.19 bits per heavy atom. The Bertz CT molecular complexity index is 382. The number of hydrogen-bond acceptors (Lipinski definition) is 4. The van der Waals surface area contributed by atoms with Gasteiger partial charge in [-0.15, -0.1) is 11.3 Å². The second-order valence-corrected chi connectivity index (χ2v) is 5.98. The van der Waals surface area contributed by atoms with Gasteiger partial charge >= 0.3 is 5.97 Å². The summed E-state index contributed by atoms with van der Waals surface area (Å²) >= 11 is 5.06. The number of morpholine rings is 1. The van der Waals surface area contributed by atoms with Crippen molar-refractivity contribution < 1.29 is 14.6 Å². The van der Waals surface area contributed by atoms with E-state index in [2.05, 4.69) is 32.3 Å². The van der Waals surface area contributed by atoms with Crippen LogP contribution in [0.25, 0.3) is 0 Å². The van der Waals surface area contributed by atoms with Crippen molar-refractivity contribution in [1.29, 1.82) is 0 Å². The number of hydrogen-bond donors (Lipinski definition) is 1. The third-order valence-corrected chi connectivity index (χ3v) is 4.01. The molecule has 0 aromatic carbocycles. The molecule has 0 bridgehead atoms. The molecule has 0 amide bonds. The summed E-state index contributed by atoms with van der Waals surface area (Å²) in [6, 6.07) is 2.07. The summed E-state index contributed by atoms with van der Waals surface area (Å²) in [7, 11) is 0. The summed E-state index contributed by atoms with van der Waals surface area (Å²) < 4.78 is 6.27. The fraction of sp³-hybridized carbons (Fsp3) is 0.500. The maximum Gasteiger partial charge on any atom is 0.334 e. The van der Waals surface area contributed by atoms with Crippen LogP contribution in [0.1, 0.15) is 5.56 Å². The summed E-state index contributed by atoms with van der Waals surface area (Å²) in [4.78, 5) is 12.9. The van der Waals surface area contributed by atoms with Crippen molar-refractivity contribution in [1.82, 2.24) is 4.90 Å². The zero-order valence-electron chi connectivity index (χ0n) is 8.56. The van der Waals surface area contributed by atoms with Crippen molar-refractivity contribution in [3.05, 3.63) is 20.8 Å². The molecule has 1 aliphatic rings. The van der Waals surface area contributed by atoms with Crippen LogP contribution in [0.5, 0.6) is 0 Å². The smallest absolute Gasteiger partial charge is 0.334 e. The Hall–Kier alpha value is -0.430. The predicted molar refractivity (Wildman–Crippen MR) is 64.7 cm³/mol. The first-order valence-electron chi connectivity index (χ1n) is 4.95. The van der Waals surface area contributed by atoms with Gasteiger partial charge in [0.25, 0.3) is 0 Å². The molecule has 1 aromatic heterocycles. The van der Waals surface area contributed by atoms with Gasteiger partial charge in [-0.25, -0.2) is 4.79 Å². The van der Waals surface area contributed by atoms with E-state index in [1.165, 1.54) is 5.56 Å². The maximum atomic E-state index is 10.8. The molecular formula is C10H12BrNO3S. The third kappa shape index (κ3) is 3.04. The molecule has 2 rings (SSSR count). The van der Waals surface area contributed by atoms with Gasteiger partial charge in [0.2, 0.25) is 0 Å². The van der Waals surface area contributed by atoms with E-state index in [-0.39, 0.29) is 0 Å². The highest BCUT2D eigenvalue weighted by Crippen LogP contribution is 2.22. The minimum absolute atomic E-state index is 0.461. The van der Waals surface area contributed by atoms with Crippen molar-refractivity contribution >= 4 is 33.2 Å². The first-order chi connectivity index (χ1) is 7.65. The minimum atomic E-state index is -0.879.